The van der Waals surface area contributed by atoms with E-state index in [1.807, 2.05) is 0 Å². The second-order valence-corrected chi connectivity index (χ2v) is 5.72. The fraction of sp³-hybridized carbons (Fsp3) is 0.0714. The largest absolute Gasteiger partial charge is 0.487 e. The molecular formula is C14H10Cl3NOS. The van der Waals surface area contributed by atoms with Crippen LogP contribution in [0, 0.1) is 0 Å². The van der Waals surface area contributed by atoms with Crippen LogP contribution in [0.3, 0.4) is 0 Å². The van der Waals surface area contributed by atoms with Gasteiger partial charge >= 0.3 is 0 Å². The lowest BCUT2D eigenvalue weighted by atomic mass is 10.2. The van der Waals surface area contributed by atoms with E-state index in [1.54, 1.807) is 36.4 Å². The highest BCUT2D eigenvalue weighted by atomic mass is 35.5. The second kappa shape index (κ2) is 6.64. The summed E-state index contributed by atoms with van der Waals surface area (Å²) in [5, 5.41) is 1.63. The van der Waals surface area contributed by atoms with Crippen molar-refractivity contribution in [3.8, 4) is 5.75 Å². The molecule has 0 aromatic heterocycles. The maximum atomic E-state index is 6.11. The molecule has 0 saturated heterocycles. The van der Waals surface area contributed by atoms with Gasteiger partial charge in [-0.05, 0) is 36.4 Å². The molecule has 0 aliphatic carbocycles. The Labute approximate surface area is 137 Å². The molecule has 0 fully saturated rings. The fourth-order valence-electron chi connectivity index (χ4n) is 1.58. The first kappa shape index (κ1) is 15.4. The molecule has 0 spiro atoms. The van der Waals surface area contributed by atoms with E-state index < -0.39 is 0 Å². The molecular weight excluding hydrogens is 337 g/mol. The van der Waals surface area contributed by atoms with Crippen LogP contribution in [0.15, 0.2) is 36.4 Å². The van der Waals surface area contributed by atoms with Crippen LogP contribution in [-0.2, 0) is 6.61 Å². The van der Waals surface area contributed by atoms with Crippen molar-refractivity contribution in [1.82, 2.24) is 0 Å². The molecule has 6 heteroatoms. The van der Waals surface area contributed by atoms with Crippen LogP contribution in [0.2, 0.25) is 15.1 Å². The fourth-order valence-corrected chi connectivity index (χ4v) is 2.31. The van der Waals surface area contributed by atoms with Gasteiger partial charge in [-0.15, -0.1) is 0 Å². The molecule has 2 aromatic carbocycles. The summed E-state index contributed by atoms with van der Waals surface area (Å²) in [6, 6.07) is 10.3. The van der Waals surface area contributed by atoms with E-state index in [0.29, 0.717) is 26.4 Å². The maximum Gasteiger partial charge on any atom is 0.138 e. The van der Waals surface area contributed by atoms with Gasteiger partial charge in [0.05, 0.1) is 5.02 Å². The average molecular weight is 347 g/mol. The Balaban J connectivity index is 2.15. The third-order valence-electron chi connectivity index (χ3n) is 2.61. The third-order valence-corrected chi connectivity index (χ3v) is 3.74. The smallest absolute Gasteiger partial charge is 0.138 e. The zero-order valence-electron chi connectivity index (χ0n) is 10.2. The quantitative estimate of drug-likeness (QED) is 0.803. The first-order chi connectivity index (χ1) is 9.47. The lowest BCUT2D eigenvalue weighted by molar-refractivity contribution is 0.306. The first-order valence-corrected chi connectivity index (χ1v) is 7.17. The molecule has 2 nitrogen and oxygen atoms in total. The van der Waals surface area contributed by atoms with Gasteiger partial charge in [0.15, 0.2) is 0 Å². The van der Waals surface area contributed by atoms with Gasteiger partial charge in [-0.2, -0.15) is 0 Å². The van der Waals surface area contributed by atoms with Gasteiger partial charge in [0.2, 0.25) is 0 Å². The Morgan fingerprint density at radius 2 is 1.80 bits per heavy atom. The second-order valence-electron chi connectivity index (χ2n) is 4.03. The van der Waals surface area contributed by atoms with E-state index in [-0.39, 0.29) is 11.6 Å². The molecule has 2 aromatic rings. The minimum Gasteiger partial charge on any atom is -0.487 e. The van der Waals surface area contributed by atoms with Crippen LogP contribution in [-0.4, -0.2) is 4.99 Å². The molecule has 104 valence electrons. The van der Waals surface area contributed by atoms with Crippen molar-refractivity contribution in [3.63, 3.8) is 0 Å². The summed E-state index contributed by atoms with van der Waals surface area (Å²) in [4.78, 5) is 0.288. The summed E-state index contributed by atoms with van der Waals surface area (Å²) in [5.74, 6) is 0.530. The number of thiocarbonyl (C=S) groups is 1. The van der Waals surface area contributed by atoms with Crippen molar-refractivity contribution in [2.24, 2.45) is 5.73 Å². The standard InChI is InChI=1S/C14H10Cl3NOS/c15-10-2-3-11(16)9(5-10)7-19-13-4-1-8(14(18)20)6-12(13)17/h1-6H,7H2,(H2,18,20). The number of nitrogens with two attached hydrogens (primary N) is 1. The van der Waals surface area contributed by atoms with E-state index in [0.717, 1.165) is 5.56 Å². The first-order valence-electron chi connectivity index (χ1n) is 5.63. The molecule has 0 aliphatic heterocycles. The summed E-state index contributed by atoms with van der Waals surface area (Å²) < 4.78 is 5.63. The Morgan fingerprint density at radius 1 is 1.05 bits per heavy atom. The van der Waals surface area contributed by atoms with Gasteiger partial charge in [-0.3, -0.25) is 0 Å². The van der Waals surface area contributed by atoms with Crippen molar-refractivity contribution in [2.75, 3.05) is 0 Å². The van der Waals surface area contributed by atoms with Gasteiger partial charge in [-0.25, -0.2) is 0 Å². The minimum absolute atomic E-state index is 0.269. The van der Waals surface area contributed by atoms with Crippen LogP contribution in [0.1, 0.15) is 11.1 Å². The van der Waals surface area contributed by atoms with Crippen molar-refractivity contribution in [1.29, 1.82) is 0 Å². The predicted octanol–water partition coefficient (Wildman–Crippen LogP) is 4.86. The molecule has 0 bridgehead atoms. The maximum absolute atomic E-state index is 6.11. The topological polar surface area (TPSA) is 35.2 Å². The number of rotatable bonds is 4. The van der Waals surface area contributed by atoms with Gasteiger partial charge in [0, 0.05) is 21.2 Å². The molecule has 0 saturated carbocycles. The van der Waals surface area contributed by atoms with Crippen LogP contribution in [0.5, 0.6) is 5.75 Å². The molecule has 0 heterocycles. The van der Waals surface area contributed by atoms with Crippen molar-refractivity contribution in [2.45, 2.75) is 6.61 Å². The van der Waals surface area contributed by atoms with Crippen LogP contribution in [0.25, 0.3) is 0 Å². The third kappa shape index (κ3) is 3.76. The van der Waals surface area contributed by atoms with E-state index in [9.17, 15) is 0 Å². The van der Waals surface area contributed by atoms with Gasteiger partial charge in [0.25, 0.3) is 0 Å². The highest BCUT2D eigenvalue weighted by Gasteiger charge is 2.07. The van der Waals surface area contributed by atoms with E-state index in [4.69, 9.17) is 57.5 Å². The summed E-state index contributed by atoms with van der Waals surface area (Å²) in [5.41, 5.74) is 7.01. The number of hydrogen-bond acceptors (Lipinski definition) is 2. The summed E-state index contributed by atoms with van der Waals surface area (Å²) in [6.45, 7) is 0.269. The van der Waals surface area contributed by atoms with Gasteiger partial charge in [-0.1, -0.05) is 47.0 Å². The Hall–Kier alpha value is -1.000. The zero-order valence-corrected chi connectivity index (χ0v) is 13.3. The van der Waals surface area contributed by atoms with Crippen molar-refractivity contribution < 1.29 is 4.74 Å². The normalized spacial score (nSPS) is 10.3. The van der Waals surface area contributed by atoms with Crippen LogP contribution >= 0.6 is 47.0 Å². The predicted molar refractivity (Wildman–Crippen MR) is 88.1 cm³/mol. The number of halogens is 3. The lowest BCUT2D eigenvalue weighted by Crippen LogP contribution is -2.09. The van der Waals surface area contributed by atoms with E-state index >= 15 is 0 Å². The summed E-state index contributed by atoms with van der Waals surface area (Å²) in [6.07, 6.45) is 0. The summed E-state index contributed by atoms with van der Waals surface area (Å²) in [7, 11) is 0. The Morgan fingerprint density at radius 3 is 2.45 bits per heavy atom. The average Bonchev–Trinajstić information content (AvgIpc) is 2.40. The molecule has 2 N–H and O–H groups in total. The van der Waals surface area contributed by atoms with Crippen LogP contribution < -0.4 is 10.5 Å². The number of ether oxygens (including phenoxy) is 1. The highest BCUT2D eigenvalue weighted by molar-refractivity contribution is 7.80. The van der Waals surface area contributed by atoms with Crippen molar-refractivity contribution in [3.05, 3.63) is 62.6 Å². The molecule has 2 rings (SSSR count). The lowest BCUT2D eigenvalue weighted by Gasteiger charge is -2.10. The van der Waals surface area contributed by atoms with Crippen molar-refractivity contribution >= 4 is 52.0 Å². The SMILES string of the molecule is NC(=S)c1ccc(OCc2cc(Cl)ccc2Cl)c(Cl)c1. The van der Waals surface area contributed by atoms with Crippen LogP contribution in [0.4, 0.5) is 0 Å². The molecule has 0 aliphatic rings. The van der Waals surface area contributed by atoms with Gasteiger partial charge in [0.1, 0.15) is 17.3 Å². The Bertz CT molecular complexity index is 661. The minimum atomic E-state index is 0.269. The highest BCUT2D eigenvalue weighted by Crippen LogP contribution is 2.28. The zero-order chi connectivity index (χ0) is 14.7. The summed E-state index contributed by atoms with van der Waals surface area (Å²) >= 11 is 23.0. The molecule has 0 radical (unpaired) electrons. The molecule has 0 unspecified atom stereocenters. The van der Waals surface area contributed by atoms with E-state index in [1.165, 1.54) is 0 Å². The monoisotopic (exact) mass is 345 g/mol. The number of hydrogen-bond donors (Lipinski definition) is 1. The molecule has 0 atom stereocenters. The van der Waals surface area contributed by atoms with E-state index in [2.05, 4.69) is 0 Å². The molecule has 20 heavy (non-hydrogen) atoms. The molecule has 0 amide bonds. The number of benzene rings is 2. The van der Waals surface area contributed by atoms with Gasteiger partial charge < -0.3 is 10.5 Å². The Kier molecular flexibility index (Phi) is 5.11.